The fourth-order valence-corrected chi connectivity index (χ4v) is 6.76. The van der Waals surface area contributed by atoms with Gasteiger partial charge in [-0.3, -0.25) is 4.79 Å². The van der Waals surface area contributed by atoms with Crippen molar-refractivity contribution in [1.29, 1.82) is 0 Å². The Kier molecular flexibility index (Phi) is 7.58. The van der Waals surface area contributed by atoms with Crippen molar-refractivity contribution in [2.75, 3.05) is 0 Å². The first-order valence-corrected chi connectivity index (χ1v) is 11.4. The van der Waals surface area contributed by atoms with E-state index in [1.165, 1.54) is 44.9 Å². The molecule has 2 aliphatic rings. The number of unbranched alkanes of at least 4 members (excludes halogenated alkanes) is 8. The minimum atomic E-state index is -2.89. The van der Waals surface area contributed by atoms with E-state index in [2.05, 4.69) is 6.92 Å². The van der Waals surface area contributed by atoms with E-state index in [9.17, 15) is 13.2 Å². The third-order valence-corrected chi connectivity index (χ3v) is 8.53. The largest absolute Gasteiger partial charge is 0.299 e. The van der Waals surface area contributed by atoms with E-state index in [-0.39, 0.29) is 16.4 Å². The van der Waals surface area contributed by atoms with Crippen LogP contribution in [0.2, 0.25) is 0 Å². The Morgan fingerprint density at radius 1 is 0.826 bits per heavy atom. The summed E-state index contributed by atoms with van der Waals surface area (Å²) in [5, 5.41) is -0.420. The predicted octanol–water partition coefficient (Wildman–Crippen LogP) is 4.83. The van der Waals surface area contributed by atoms with E-state index in [0.717, 1.165) is 25.7 Å². The van der Waals surface area contributed by atoms with Crippen molar-refractivity contribution in [3.63, 3.8) is 0 Å². The van der Waals surface area contributed by atoms with E-state index in [4.69, 9.17) is 0 Å². The van der Waals surface area contributed by atoms with E-state index in [0.29, 0.717) is 25.0 Å². The smallest absolute Gasteiger partial charge is 0.156 e. The van der Waals surface area contributed by atoms with E-state index in [1.54, 1.807) is 0 Å². The molecule has 0 radical (unpaired) electrons. The van der Waals surface area contributed by atoms with Crippen molar-refractivity contribution >= 4 is 15.6 Å². The Bertz CT molecular complexity index is 449. The van der Waals surface area contributed by atoms with Crippen LogP contribution in [0, 0.1) is 5.92 Å². The van der Waals surface area contributed by atoms with Crippen LogP contribution in [0.25, 0.3) is 0 Å². The van der Waals surface area contributed by atoms with Gasteiger partial charge >= 0.3 is 0 Å². The Labute approximate surface area is 142 Å². The van der Waals surface area contributed by atoms with Gasteiger partial charge in [0.2, 0.25) is 0 Å². The summed E-state index contributed by atoms with van der Waals surface area (Å²) in [5.41, 5.74) is 0. The third kappa shape index (κ3) is 5.30. The van der Waals surface area contributed by atoms with Crippen LogP contribution in [-0.2, 0) is 14.6 Å². The fraction of sp³-hybridized carbons (Fsp3) is 0.947. The molecule has 0 amide bonds. The van der Waals surface area contributed by atoms with Gasteiger partial charge in [0.25, 0.3) is 0 Å². The van der Waals surface area contributed by atoms with Crippen LogP contribution in [-0.4, -0.2) is 24.7 Å². The SMILES string of the molecule is CCCCCCCCCCCC(=O)C1CC2CCC(C1)S2(=O)=O. The van der Waals surface area contributed by atoms with Gasteiger partial charge in [0, 0.05) is 12.3 Å². The van der Waals surface area contributed by atoms with Gasteiger partial charge in [-0.15, -0.1) is 0 Å². The minimum Gasteiger partial charge on any atom is -0.299 e. The van der Waals surface area contributed by atoms with Crippen molar-refractivity contribution < 1.29 is 13.2 Å². The highest BCUT2D eigenvalue weighted by molar-refractivity contribution is 7.93. The summed E-state index contributed by atoms with van der Waals surface area (Å²) in [6.07, 6.45) is 14.8. The average molecular weight is 343 g/mol. The molecule has 0 N–H and O–H groups in total. The molecule has 2 bridgehead atoms. The summed E-state index contributed by atoms with van der Waals surface area (Å²) in [5.74, 6) is 0.366. The second-order valence-corrected chi connectivity index (χ2v) is 10.1. The van der Waals surface area contributed by atoms with Crippen molar-refractivity contribution in [3.05, 3.63) is 0 Å². The van der Waals surface area contributed by atoms with Gasteiger partial charge < -0.3 is 0 Å². The summed E-state index contributed by atoms with van der Waals surface area (Å²) < 4.78 is 24.1. The first-order chi connectivity index (χ1) is 11.1. The first-order valence-electron chi connectivity index (χ1n) is 9.81. The molecule has 0 aliphatic carbocycles. The number of hydrogen-bond acceptors (Lipinski definition) is 3. The number of fused-ring (bicyclic) bond motifs is 2. The maximum Gasteiger partial charge on any atom is 0.156 e. The Morgan fingerprint density at radius 2 is 1.30 bits per heavy atom. The zero-order chi connectivity index (χ0) is 16.7. The molecule has 0 aromatic carbocycles. The summed E-state index contributed by atoms with van der Waals surface area (Å²) in [4.78, 5) is 12.3. The summed E-state index contributed by atoms with van der Waals surface area (Å²) in [7, 11) is -2.89. The zero-order valence-electron chi connectivity index (χ0n) is 14.8. The molecule has 2 saturated heterocycles. The van der Waals surface area contributed by atoms with E-state index < -0.39 is 9.84 Å². The van der Waals surface area contributed by atoms with Gasteiger partial charge in [0.1, 0.15) is 5.78 Å². The molecule has 3 nitrogen and oxygen atoms in total. The molecular formula is C19H34O3S. The topological polar surface area (TPSA) is 51.2 Å². The van der Waals surface area contributed by atoms with Gasteiger partial charge in [0.05, 0.1) is 10.5 Å². The molecule has 0 aromatic heterocycles. The van der Waals surface area contributed by atoms with Crippen molar-refractivity contribution in [2.45, 2.75) is 107 Å². The van der Waals surface area contributed by atoms with Crippen LogP contribution >= 0.6 is 0 Å². The predicted molar refractivity (Wildman–Crippen MR) is 95.3 cm³/mol. The zero-order valence-corrected chi connectivity index (χ0v) is 15.6. The molecule has 134 valence electrons. The van der Waals surface area contributed by atoms with Gasteiger partial charge in [-0.25, -0.2) is 8.42 Å². The molecule has 0 aromatic rings. The number of rotatable bonds is 11. The molecule has 2 fully saturated rings. The van der Waals surface area contributed by atoms with Crippen LogP contribution in [0.3, 0.4) is 0 Å². The number of Topliss-reactive ketones (excluding diaryl/α,β-unsaturated/α-hetero) is 1. The second-order valence-electron chi connectivity index (χ2n) is 7.62. The Morgan fingerprint density at radius 3 is 1.83 bits per heavy atom. The molecule has 0 saturated carbocycles. The number of carbonyl (C=O) groups is 1. The van der Waals surface area contributed by atoms with Crippen LogP contribution in [0.1, 0.15) is 96.8 Å². The van der Waals surface area contributed by atoms with E-state index in [1.807, 2.05) is 0 Å². The molecular weight excluding hydrogens is 308 g/mol. The number of carbonyl (C=O) groups excluding carboxylic acids is 1. The lowest BCUT2D eigenvalue weighted by Gasteiger charge is -2.26. The molecule has 23 heavy (non-hydrogen) atoms. The van der Waals surface area contributed by atoms with Gasteiger partial charge in [0.15, 0.2) is 9.84 Å². The number of sulfone groups is 1. The molecule has 2 heterocycles. The van der Waals surface area contributed by atoms with Crippen LogP contribution in [0.5, 0.6) is 0 Å². The molecule has 2 aliphatic heterocycles. The maximum atomic E-state index is 12.3. The van der Waals surface area contributed by atoms with Crippen LogP contribution in [0.4, 0.5) is 0 Å². The number of hydrogen-bond donors (Lipinski definition) is 0. The van der Waals surface area contributed by atoms with Crippen LogP contribution in [0.15, 0.2) is 0 Å². The van der Waals surface area contributed by atoms with Crippen LogP contribution < -0.4 is 0 Å². The molecule has 4 heteroatoms. The summed E-state index contributed by atoms with van der Waals surface area (Å²) in [6, 6.07) is 0. The average Bonchev–Trinajstić information content (AvgIpc) is 2.71. The highest BCUT2D eigenvalue weighted by Crippen LogP contribution is 2.41. The van der Waals surface area contributed by atoms with Gasteiger partial charge in [-0.2, -0.15) is 0 Å². The lowest BCUT2D eigenvalue weighted by Crippen LogP contribution is -2.36. The standard InChI is InChI=1S/C19H34O3S/c1-2-3-4-5-6-7-8-9-10-11-19(20)16-14-17-12-13-18(15-16)23(17,21)22/h16-18H,2-15H2,1H3. The lowest BCUT2D eigenvalue weighted by molar-refractivity contribution is -0.123. The summed E-state index contributed by atoms with van der Waals surface area (Å²) in [6.45, 7) is 2.24. The first kappa shape index (κ1) is 19.0. The molecule has 0 spiro atoms. The van der Waals surface area contributed by atoms with Gasteiger partial charge in [-0.05, 0) is 32.1 Å². The Hall–Kier alpha value is -0.380. The van der Waals surface area contributed by atoms with Crippen molar-refractivity contribution in [3.8, 4) is 0 Å². The molecule has 2 unspecified atom stereocenters. The highest BCUT2D eigenvalue weighted by atomic mass is 32.2. The molecule has 2 rings (SSSR count). The third-order valence-electron chi connectivity index (χ3n) is 5.82. The normalized spacial score (nSPS) is 28.8. The molecule has 2 atom stereocenters. The minimum absolute atomic E-state index is 0.0325. The number of ketones is 1. The fourth-order valence-electron chi connectivity index (χ4n) is 4.28. The highest BCUT2D eigenvalue weighted by Gasteiger charge is 2.48. The van der Waals surface area contributed by atoms with Crippen molar-refractivity contribution in [2.24, 2.45) is 5.92 Å². The second kappa shape index (κ2) is 9.19. The van der Waals surface area contributed by atoms with Gasteiger partial charge in [-0.1, -0.05) is 58.3 Å². The monoisotopic (exact) mass is 342 g/mol. The lowest BCUT2D eigenvalue weighted by atomic mass is 9.91. The summed E-state index contributed by atoms with van der Waals surface area (Å²) >= 11 is 0. The van der Waals surface area contributed by atoms with E-state index >= 15 is 0 Å². The quantitative estimate of drug-likeness (QED) is 0.505. The Balaban J connectivity index is 1.54. The maximum absolute atomic E-state index is 12.3. The van der Waals surface area contributed by atoms with Crippen molar-refractivity contribution in [1.82, 2.24) is 0 Å².